The van der Waals surface area contributed by atoms with Crippen molar-refractivity contribution in [3.8, 4) is 0 Å². The van der Waals surface area contributed by atoms with E-state index in [2.05, 4.69) is 71.6 Å². The molecule has 3 aromatic rings. The summed E-state index contributed by atoms with van der Waals surface area (Å²) in [4.78, 5) is 14.6. The van der Waals surface area contributed by atoms with Crippen molar-refractivity contribution in [3.05, 3.63) is 65.4 Å². The van der Waals surface area contributed by atoms with Gasteiger partial charge in [-0.05, 0) is 63.2 Å². The normalized spacial score (nSPS) is 16.8. The van der Waals surface area contributed by atoms with Gasteiger partial charge in [-0.3, -0.25) is 14.8 Å². The summed E-state index contributed by atoms with van der Waals surface area (Å²) in [7, 11) is 2.22. The molecule has 0 aromatic carbocycles. The minimum atomic E-state index is 0.371. The Kier molecular flexibility index (Phi) is 5.74. The molecule has 0 saturated heterocycles. The first-order chi connectivity index (χ1) is 13.7. The fraction of sp³-hybridized carbons (Fsp3) is 0.478. The molecule has 1 aliphatic carbocycles. The molecule has 0 radical (unpaired) electrons. The highest BCUT2D eigenvalue weighted by molar-refractivity contribution is 5.43. The largest absolute Gasteiger partial charge is 0.302 e. The number of aromatic nitrogens is 3. The fourth-order valence-corrected chi connectivity index (χ4v) is 4.41. The van der Waals surface area contributed by atoms with Crippen LogP contribution in [0, 0.1) is 0 Å². The van der Waals surface area contributed by atoms with E-state index in [1.165, 1.54) is 35.5 Å². The van der Waals surface area contributed by atoms with Gasteiger partial charge in [-0.15, -0.1) is 0 Å². The Morgan fingerprint density at radius 3 is 2.79 bits per heavy atom. The van der Waals surface area contributed by atoms with Crippen molar-refractivity contribution in [2.45, 2.75) is 52.2 Å². The van der Waals surface area contributed by atoms with E-state index >= 15 is 0 Å². The maximum Gasteiger partial charge on any atom is 0.137 e. The molecule has 0 N–H and O–H groups in total. The van der Waals surface area contributed by atoms with Gasteiger partial charge in [-0.25, -0.2) is 4.98 Å². The van der Waals surface area contributed by atoms with Gasteiger partial charge >= 0.3 is 0 Å². The zero-order valence-corrected chi connectivity index (χ0v) is 17.3. The van der Waals surface area contributed by atoms with Crippen LogP contribution in [-0.4, -0.2) is 44.3 Å². The summed E-state index contributed by atoms with van der Waals surface area (Å²) < 4.78 is 2.26. The van der Waals surface area contributed by atoms with Gasteiger partial charge < -0.3 is 4.40 Å². The Morgan fingerprint density at radius 2 is 1.96 bits per heavy atom. The average molecular weight is 378 g/mol. The zero-order valence-electron chi connectivity index (χ0n) is 17.3. The molecule has 0 spiro atoms. The van der Waals surface area contributed by atoms with Crippen molar-refractivity contribution in [2.75, 3.05) is 20.1 Å². The van der Waals surface area contributed by atoms with Crippen LogP contribution in [0.5, 0.6) is 0 Å². The lowest BCUT2D eigenvalue weighted by atomic mass is 9.91. The third kappa shape index (κ3) is 3.69. The van der Waals surface area contributed by atoms with Gasteiger partial charge in [0.25, 0.3) is 0 Å². The van der Waals surface area contributed by atoms with Gasteiger partial charge in [-0.2, -0.15) is 0 Å². The van der Waals surface area contributed by atoms with E-state index in [-0.39, 0.29) is 0 Å². The summed E-state index contributed by atoms with van der Waals surface area (Å²) in [5, 5.41) is 0. The average Bonchev–Trinajstić information content (AvgIpc) is 3.08. The second kappa shape index (κ2) is 8.41. The van der Waals surface area contributed by atoms with Gasteiger partial charge in [0.1, 0.15) is 5.65 Å². The molecular weight excluding hydrogens is 346 g/mol. The van der Waals surface area contributed by atoms with Crippen LogP contribution in [0.2, 0.25) is 0 Å². The van der Waals surface area contributed by atoms with Crippen molar-refractivity contribution in [1.82, 2.24) is 24.2 Å². The molecule has 0 bridgehead atoms. The minimum absolute atomic E-state index is 0.371. The Bertz CT molecular complexity index is 928. The first kappa shape index (κ1) is 19.1. The number of hydrogen-bond acceptors (Lipinski definition) is 4. The quantitative estimate of drug-likeness (QED) is 0.622. The van der Waals surface area contributed by atoms with E-state index in [9.17, 15) is 0 Å². The molecule has 0 fully saturated rings. The van der Waals surface area contributed by atoms with Crippen LogP contribution < -0.4 is 0 Å². The topological polar surface area (TPSA) is 36.7 Å². The number of imidazole rings is 1. The lowest BCUT2D eigenvalue weighted by Crippen LogP contribution is -2.29. The summed E-state index contributed by atoms with van der Waals surface area (Å²) in [5.74, 6) is 0. The standard InChI is InChI=1S/C23H31N5/c1-4-27(5-2)17-21-19(25-22-13-6-7-15-28(21)22)16-26(3)20-12-8-10-18-11-9-14-24-23(18)20/h6-7,9,11,13-15,20H,4-5,8,10,12,16-17H2,1-3H3/t20-/m0/s1. The van der Waals surface area contributed by atoms with Crippen molar-refractivity contribution in [1.29, 1.82) is 0 Å². The molecule has 5 heteroatoms. The van der Waals surface area contributed by atoms with E-state index < -0.39 is 0 Å². The first-order valence-electron chi connectivity index (χ1n) is 10.5. The predicted octanol–water partition coefficient (Wildman–Crippen LogP) is 4.08. The van der Waals surface area contributed by atoms with Crippen LogP contribution in [0.4, 0.5) is 0 Å². The van der Waals surface area contributed by atoms with Gasteiger partial charge in [0, 0.05) is 25.5 Å². The number of aryl methyl sites for hydroxylation is 1. The van der Waals surface area contributed by atoms with Gasteiger partial charge in [0.05, 0.1) is 23.1 Å². The van der Waals surface area contributed by atoms with Gasteiger partial charge in [0.2, 0.25) is 0 Å². The summed E-state index contributed by atoms with van der Waals surface area (Å²) in [6, 6.07) is 10.9. The molecule has 3 aromatic heterocycles. The van der Waals surface area contributed by atoms with E-state index in [0.717, 1.165) is 38.2 Å². The van der Waals surface area contributed by atoms with Crippen LogP contribution in [0.1, 0.15) is 55.4 Å². The number of pyridine rings is 2. The Morgan fingerprint density at radius 1 is 1.11 bits per heavy atom. The van der Waals surface area contributed by atoms with E-state index in [4.69, 9.17) is 9.97 Å². The molecule has 0 saturated carbocycles. The SMILES string of the molecule is CCN(CC)Cc1c(CN(C)[C@H]2CCCc3cccnc32)nc2ccccn12. The lowest BCUT2D eigenvalue weighted by molar-refractivity contribution is 0.204. The monoisotopic (exact) mass is 377 g/mol. The van der Waals surface area contributed by atoms with Gasteiger partial charge in [0.15, 0.2) is 0 Å². The maximum atomic E-state index is 5.00. The van der Waals surface area contributed by atoms with Crippen molar-refractivity contribution in [2.24, 2.45) is 0 Å². The number of rotatable bonds is 7. The molecule has 5 nitrogen and oxygen atoms in total. The van der Waals surface area contributed by atoms with Crippen LogP contribution >= 0.6 is 0 Å². The second-order valence-corrected chi connectivity index (χ2v) is 7.77. The molecule has 4 rings (SSSR count). The van der Waals surface area contributed by atoms with Crippen molar-refractivity contribution in [3.63, 3.8) is 0 Å². The highest BCUT2D eigenvalue weighted by atomic mass is 15.2. The summed E-state index contributed by atoms with van der Waals surface area (Å²) in [5.41, 5.74) is 6.19. The first-order valence-corrected chi connectivity index (χ1v) is 10.5. The van der Waals surface area contributed by atoms with Crippen molar-refractivity contribution >= 4 is 5.65 Å². The van der Waals surface area contributed by atoms with Crippen LogP contribution in [0.25, 0.3) is 5.65 Å². The number of hydrogen-bond donors (Lipinski definition) is 0. The molecule has 0 aliphatic heterocycles. The Labute approximate surface area is 168 Å². The molecule has 1 atom stereocenters. The molecule has 1 aliphatic rings. The smallest absolute Gasteiger partial charge is 0.137 e. The summed E-state index contributed by atoms with van der Waals surface area (Å²) >= 11 is 0. The molecule has 0 amide bonds. The summed E-state index contributed by atoms with van der Waals surface area (Å²) in [6.45, 7) is 8.32. The lowest BCUT2D eigenvalue weighted by Gasteiger charge is -2.32. The molecule has 28 heavy (non-hydrogen) atoms. The van der Waals surface area contributed by atoms with Crippen LogP contribution in [0.3, 0.4) is 0 Å². The molecular formula is C23H31N5. The van der Waals surface area contributed by atoms with Crippen molar-refractivity contribution < 1.29 is 0 Å². The van der Waals surface area contributed by atoms with E-state index in [1.807, 2.05) is 6.20 Å². The van der Waals surface area contributed by atoms with E-state index in [1.54, 1.807) is 0 Å². The fourth-order valence-electron chi connectivity index (χ4n) is 4.41. The highest BCUT2D eigenvalue weighted by Crippen LogP contribution is 2.33. The highest BCUT2D eigenvalue weighted by Gasteiger charge is 2.26. The number of nitrogens with zero attached hydrogens (tertiary/aromatic N) is 5. The Hall–Kier alpha value is -2.24. The minimum Gasteiger partial charge on any atom is -0.302 e. The maximum absolute atomic E-state index is 5.00. The zero-order chi connectivity index (χ0) is 19.5. The van der Waals surface area contributed by atoms with Crippen LogP contribution in [0.15, 0.2) is 42.7 Å². The third-order valence-electron chi connectivity index (χ3n) is 6.08. The van der Waals surface area contributed by atoms with E-state index in [0.29, 0.717) is 6.04 Å². The molecule has 3 heterocycles. The number of fused-ring (bicyclic) bond motifs is 2. The second-order valence-electron chi connectivity index (χ2n) is 7.77. The Balaban J connectivity index is 1.64. The predicted molar refractivity (Wildman–Crippen MR) is 113 cm³/mol. The molecule has 148 valence electrons. The van der Waals surface area contributed by atoms with Crippen LogP contribution in [-0.2, 0) is 19.5 Å². The third-order valence-corrected chi connectivity index (χ3v) is 6.08. The summed E-state index contributed by atoms with van der Waals surface area (Å²) in [6.07, 6.45) is 7.61. The van der Waals surface area contributed by atoms with Gasteiger partial charge in [-0.1, -0.05) is 26.0 Å². The molecule has 0 unspecified atom stereocenters.